The van der Waals surface area contributed by atoms with Crippen LogP contribution in [-0.2, 0) is 18.9 Å². The van der Waals surface area contributed by atoms with Gasteiger partial charge in [0.25, 0.3) is 0 Å². The second kappa shape index (κ2) is 7.23. The summed E-state index contributed by atoms with van der Waals surface area (Å²) in [6, 6.07) is 9.98. The van der Waals surface area contributed by atoms with Gasteiger partial charge in [-0.1, -0.05) is 24.3 Å². The van der Waals surface area contributed by atoms with Crippen LogP contribution < -0.4 is 0 Å². The van der Waals surface area contributed by atoms with E-state index in [9.17, 15) is 26.3 Å². The third-order valence-corrected chi connectivity index (χ3v) is 3.94. The molecule has 0 spiro atoms. The molecule has 0 aliphatic carbocycles. The summed E-state index contributed by atoms with van der Waals surface area (Å²) in [5.74, 6) is 0.0911. The smallest absolute Gasteiger partial charge is 0.416 e. The second-order valence-electron chi connectivity index (χ2n) is 5.90. The molecule has 0 aliphatic heterocycles. The highest BCUT2D eigenvalue weighted by Gasteiger charge is 2.31. The number of aromatic nitrogens is 2. The number of rotatable bonds is 3. The molecule has 0 radical (unpaired) electrons. The van der Waals surface area contributed by atoms with E-state index >= 15 is 0 Å². The molecule has 3 nitrogen and oxygen atoms in total. The van der Waals surface area contributed by atoms with Crippen molar-refractivity contribution < 1.29 is 26.3 Å². The average molecular weight is 396 g/mol. The van der Waals surface area contributed by atoms with E-state index in [0.29, 0.717) is 16.8 Å². The molecule has 9 heteroatoms. The molecule has 0 saturated carbocycles. The van der Waals surface area contributed by atoms with Gasteiger partial charge in [0.1, 0.15) is 0 Å². The van der Waals surface area contributed by atoms with E-state index in [1.807, 2.05) is 0 Å². The normalized spacial score (nSPS) is 12.2. The Morgan fingerprint density at radius 2 is 1.14 bits per heavy atom. The molecule has 0 amide bonds. The molecule has 2 aromatic carbocycles. The van der Waals surface area contributed by atoms with Crippen molar-refractivity contribution in [1.29, 1.82) is 0 Å². The molecule has 0 atom stereocenters. The van der Waals surface area contributed by atoms with Gasteiger partial charge in [-0.25, -0.2) is 9.97 Å². The van der Waals surface area contributed by atoms with Gasteiger partial charge in [0.05, 0.1) is 16.8 Å². The first-order chi connectivity index (χ1) is 13.1. The number of halogens is 6. The molecule has 3 aromatic rings. The van der Waals surface area contributed by atoms with Gasteiger partial charge in [-0.05, 0) is 30.3 Å². The van der Waals surface area contributed by atoms with Crippen LogP contribution in [0.3, 0.4) is 0 Å². The Balaban J connectivity index is 2.01. The summed E-state index contributed by atoms with van der Waals surface area (Å²) in [6.07, 6.45) is -8.95. The minimum absolute atomic E-state index is 0.0911. The molecule has 3 rings (SSSR count). The molecule has 0 aliphatic rings. The first-order valence-corrected chi connectivity index (χ1v) is 7.96. The number of nitrogens with one attached hydrogen (secondary N) is 1. The Kier molecular flexibility index (Phi) is 5.12. The number of hydrogen-bond donors (Lipinski definition) is 0. The highest BCUT2D eigenvalue weighted by molar-refractivity contribution is 5.65. The molecule has 1 N–H and O–H groups in total. The Morgan fingerprint density at radius 3 is 1.57 bits per heavy atom. The summed E-state index contributed by atoms with van der Waals surface area (Å²) in [5.41, 5.74) is 7.12. The molecule has 0 bridgehead atoms. The first-order valence-electron chi connectivity index (χ1n) is 7.96. The average Bonchev–Trinajstić information content (AvgIpc) is 2.66. The molecular weight excluding hydrogens is 384 g/mol. The van der Waals surface area contributed by atoms with E-state index in [1.54, 1.807) is 0 Å². The number of nitrogens with zero attached hydrogens (tertiary/aromatic N) is 2. The molecule has 0 fully saturated rings. The maximum Gasteiger partial charge on any atom is 0.416 e. The maximum atomic E-state index is 12.7. The predicted molar refractivity (Wildman–Crippen MR) is 90.9 cm³/mol. The zero-order valence-electron chi connectivity index (χ0n) is 14.1. The predicted octanol–water partition coefficient (Wildman–Crippen LogP) is 6.40. The van der Waals surface area contributed by atoms with Crippen molar-refractivity contribution in [1.82, 2.24) is 9.97 Å². The van der Waals surface area contributed by atoms with Gasteiger partial charge in [0, 0.05) is 16.8 Å². The molecule has 0 unspecified atom stereocenters. The SMILES string of the molecule is [NH-]Cc1cc(-c2ccc(C(F)(F)F)cc2)nc(-c2ccc(C(F)(F)F)cc2)n1. The van der Waals surface area contributed by atoms with Crippen molar-refractivity contribution in [2.24, 2.45) is 0 Å². The largest absolute Gasteiger partial charge is 0.672 e. The van der Waals surface area contributed by atoms with Crippen LogP contribution in [-0.4, -0.2) is 9.97 Å². The van der Waals surface area contributed by atoms with Gasteiger partial charge in [-0.3, -0.25) is 0 Å². The van der Waals surface area contributed by atoms with E-state index in [4.69, 9.17) is 5.73 Å². The Morgan fingerprint density at radius 1 is 0.679 bits per heavy atom. The van der Waals surface area contributed by atoms with Gasteiger partial charge < -0.3 is 5.73 Å². The van der Waals surface area contributed by atoms with Crippen LogP contribution in [0.15, 0.2) is 54.6 Å². The highest BCUT2D eigenvalue weighted by atomic mass is 19.4. The summed E-state index contributed by atoms with van der Waals surface area (Å²) >= 11 is 0. The van der Waals surface area contributed by atoms with Gasteiger partial charge in [0.15, 0.2) is 5.82 Å². The van der Waals surface area contributed by atoms with Crippen LogP contribution in [0.25, 0.3) is 28.4 Å². The number of alkyl halides is 6. The third kappa shape index (κ3) is 4.30. The summed E-state index contributed by atoms with van der Waals surface area (Å²) in [6.45, 7) is -0.218. The van der Waals surface area contributed by atoms with E-state index in [2.05, 4.69) is 9.97 Å². The second-order valence-corrected chi connectivity index (χ2v) is 5.90. The van der Waals surface area contributed by atoms with Crippen LogP contribution >= 0.6 is 0 Å². The molecule has 1 aromatic heterocycles. The van der Waals surface area contributed by atoms with Crippen molar-refractivity contribution >= 4 is 0 Å². The molecule has 146 valence electrons. The van der Waals surface area contributed by atoms with E-state index < -0.39 is 23.5 Å². The number of hydrogen-bond acceptors (Lipinski definition) is 2. The Hall–Kier alpha value is -2.94. The topological polar surface area (TPSA) is 49.6 Å². The van der Waals surface area contributed by atoms with Crippen molar-refractivity contribution in [3.8, 4) is 22.6 Å². The van der Waals surface area contributed by atoms with Crippen molar-refractivity contribution in [2.45, 2.75) is 18.9 Å². The maximum absolute atomic E-state index is 12.7. The van der Waals surface area contributed by atoms with Crippen molar-refractivity contribution in [2.75, 3.05) is 0 Å². The zero-order chi connectivity index (χ0) is 20.5. The standard InChI is InChI=1S/C19H12F6N3/c20-18(21,22)13-5-1-11(2-6-13)16-9-15(10-26)27-17(28-16)12-3-7-14(8-4-12)19(23,24)25/h1-9,26H,10H2/q-1. The molecule has 28 heavy (non-hydrogen) atoms. The quantitative estimate of drug-likeness (QED) is 0.481. The Labute approximate surface area is 155 Å². The first kappa shape index (κ1) is 19.8. The molecular formula is C19H12F6N3-. The summed E-state index contributed by atoms with van der Waals surface area (Å²) in [7, 11) is 0. The van der Waals surface area contributed by atoms with E-state index in [1.165, 1.54) is 30.3 Å². The summed E-state index contributed by atoms with van der Waals surface area (Å²) in [4.78, 5) is 8.39. The van der Waals surface area contributed by atoms with Crippen molar-refractivity contribution in [3.05, 3.63) is 77.2 Å². The van der Waals surface area contributed by atoms with Crippen LogP contribution in [0.2, 0.25) is 0 Å². The van der Waals surface area contributed by atoms with Gasteiger partial charge in [0.2, 0.25) is 0 Å². The molecule has 0 saturated heterocycles. The van der Waals surface area contributed by atoms with E-state index in [-0.39, 0.29) is 18.1 Å². The fourth-order valence-electron chi connectivity index (χ4n) is 2.50. The fourth-order valence-corrected chi connectivity index (χ4v) is 2.50. The van der Waals surface area contributed by atoms with Crippen LogP contribution in [0.4, 0.5) is 26.3 Å². The fraction of sp³-hybridized carbons (Fsp3) is 0.158. The lowest BCUT2D eigenvalue weighted by Gasteiger charge is -2.12. The van der Waals surface area contributed by atoms with Crippen LogP contribution in [0, 0.1) is 0 Å². The van der Waals surface area contributed by atoms with Crippen LogP contribution in [0.1, 0.15) is 16.8 Å². The van der Waals surface area contributed by atoms with Gasteiger partial charge in [-0.15, -0.1) is 6.54 Å². The third-order valence-electron chi connectivity index (χ3n) is 3.94. The van der Waals surface area contributed by atoms with Gasteiger partial charge in [-0.2, -0.15) is 26.3 Å². The Bertz CT molecular complexity index is 885. The van der Waals surface area contributed by atoms with E-state index in [0.717, 1.165) is 24.3 Å². The lowest BCUT2D eigenvalue weighted by atomic mass is 10.1. The zero-order valence-corrected chi connectivity index (χ0v) is 14.1. The molecule has 1 heterocycles. The minimum atomic E-state index is -4.48. The lowest BCUT2D eigenvalue weighted by molar-refractivity contribution is -0.138. The monoisotopic (exact) mass is 396 g/mol. The minimum Gasteiger partial charge on any atom is -0.672 e. The van der Waals surface area contributed by atoms with Crippen LogP contribution in [0.5, 0.6) is 0 Å². The van der Waals surface area contributed by atoms with Crippen molar-refractivity contribution in [3.63, 3.8) is 0 Å². The summed E-state index contributed by atoms with van der Waals surface area (Å²) < 4.78 is 76.3. The summed E-state index contributed by atoms with van der Waals surface area (Å²) in [5, 5.41) is 0. The highest BCUT2D eigenvalue weighted by Crippen LogP contribution is 2.32. The number of benzene rings is 2. The lowest BCUT2D eigenvalue weighted by Crippen LogP contribution is -2.05. The van der Waals surface area contributed by atoms with Gasteiger partial charge >= 0.3 is 12.4 Å².